The molecule has 0 aliphatic heterocycles. The summed E-state index contributed by atoms with van der Waals surface area (Å²) in [6, 6.07) is 9.03. The molecule has 0 saturated heterocycles. The van der Waals surface area contributed by atoms with Crippen LogP contribution in [0.25, 0.3) is 0 Å². The Morgan fingerprint density at radius 1 is 1.56 bits per heavy atom. The number of hydrogen-bond acceptors (Lipinski definition) is 4. The number of amides is 1. The van der Waals surface area contributed by atoms with Crippen LogP contribution in [0.1, 0.15) is 21.7 Å². The van der Waals surface area contributed by atoms with Gasteiger partial charge in [-0.3, -0.25) is 10.2 Å². The predicted octanol–water partition coefficient (Wildman–Crippen LogP) is 0.407. The molecule has 2 rings (SSSR count). The number of imidazole rings is 1. The van der Waals surface area contributed by atoms with Crippen LogP contribution in [-0.4, -0.2) is 15.5 Å². The van der Waals surface area contributed by atoms with Gasteiger partial charge in [-0.05, 0) is 17.7 Å². The Labute approximate surface area is 104 Å². The molecule has 0 atom stereocenters. The first-order valence-electron chi connectivity index (χ1n) is 5.25. The third-order valence-electron chi connectivity index (χ3n) is 2.49. The summed E-state index contributed by atoms with van der Waals surface area (Å²) in [4.78, 5) is 15.3. The number of nitrogens with zero attached hydrogens (tertiary/aromatic N) is 3. The average molecular weight is 241 g/mol. The summed E-state index contributed by atoms with van der Waals surface area (Å²) in [5.41, 5.74) is 3.45. The van der Waals surface area contributed by atoms with Gasteiger partial charge in [0.2, 0.25) is 5.82 Å². The lowest BCUT2D eigenvalue weighted by Crippen LogP contribution is -2.30. The second-order valence-electron chi connectivity index (χ2n) is 3.66. The quantitative estimate of drug-likeness (QED) is 0.462. The molecule has 90 valence electrons. The fourth-order valence-electron chi connectivity index (χ4n) is 1.64. The number of aromatic nitrogens is 2. The SMILES string of the molecule is N#Cc1nccn1Cc1cccc(C(=O)NN)c1. The van der Waals surface area contributed by atoms with Gasteiger partial charge in [-0.1, -0.05) is 12.1 Å². The highest BCUT2D eigenvalue weighted by Gasteiger charge is 2.06. The van der Waals surface area contributed by atoms with Crippen molar-refractivity contribution >= 4 is 5.91 Å². The maximum absolute atomic E-state index is 11.4. The molecule has 0 unspecified atom stereocenters. The molecule has 3 N–H and O–H groups in total. The standard InChI is InChI=1S/C12H11N5O/c13-7-11-15-4-5-17(11)8-9-2-1-3-10(6-9)12(18)16-14/h1-6H,8,14H2,(H,16,18). The van der Waals surface area contributed by atoms with E-state index in [2.05, 4.69) is 10.4 Å². The highest BCUT2D eigenvalue weighted by molar-refractivity contribution is 5.93. The third-order valence-corrected chi connectivity index (χ3v) is 2.49. The molecular weight excluding hydrogens is 230 g/mol. The summed E-state index contributed by atoms with van der Waals surface area (Å²) in [6.45, 7) is 0.481. The maximum Gasteiger partial charge on any atom is 0.265 e. The van der Waals surface area contributed by atoms with E-state index in [4.69, 9.17) is 11.1 Å². The van der Waals surface area contributed by atoms with Gasteiger partial charge >= 0.3 is 0 Å². The lowest BCUT2D eigenvalue weighted by Gasteiger charge is -2.06. The van der Waals surface area contributed by atoms with Crippen LogP contribution in [0.5, 0.6) is 0 Å². The van der Waals surface area contributed by atoms with Crippen LogP contribution in [-0.2, 0) is 6.54 Å². The summed E-state index contributed by atoms with van der Waals surface area (Å²) in [5.74, 6) is 5.07. The molecule has 1 aromatic heterocycles. The van der Waals surface area contributed by atoms with E-state index in [0.29, 0.717) is 17.9 Å². The Balaban J connectivity index is 2.25. The van der Waals surface area contributed by atoms with E-state index in [1.807, 2.05) is 12.1 Å². The Bertz CT molecular complexity index is 611. The van der Waals surface area contributed by atoms with Gasteiger partial charge in [0.1, 0.15) is 6.07 Å². The van der Waals surface area contributed by atoms with Gasteiger partial charge in [0.15, 0.2) is 0 Å². The van der Waals surface area contributed by atoms with Crippen molar-refractivity contribution in [2.75, 3.05) is 0 Å². The van der Waals surface area contributed by atoms with E-state index in [1.54, 1.807) is 35.2 Å². The Hall–Kier alpha value is -2.65. The lowest BCUT2D eigenvalue weighted by atomic mass is 10.1. The van der Waals surface area contributed by atoms with Crippen molar-refractivity contribution in [1.29, 1.82) is 5.26 Å². The smallest absolute Gasteiger partial charge is 0.265 e. The monoisotopic (exact) mass is 241 g/mol. The number of nitriles is 1. The number of hydrazine groups is 1. The van der Waals surface area contributed by atoms with Gasteiger partial charge in [-0.15, -0.1) is 0 Å². The van der Waals surface area contributed by atoms with Crippen LogP contribution in [0.2, 0.25) is 0 Å². The minimum Gasteiger partial charge on any atom is -0.318 e. The molecule has 0 aliphatic rings. The van der Waals surface area contributed by atoms with Crippen LogP contribution in [0.15, 0.2) is 36.7 Å². The van der Waals surface area contributed by atoms with E-state index in [9.17, 15) is 4.79 Å². The zero-order valence-electron chi connectivity index (χ0n) is 9.50. The number of carbonyl (C=O) groups is 1. The van der Waals surface area contributed by atoms with Gasteiger partial charge in [0.05, 0.1) is 0 Å². The molecule has 1 amide bonds. The van der Waals surface area contributed by atoms with Crippen LogP contribution >= 0.6 is 0 Å². The molecule has 6 nitrogen and oxygen atoms in total. The van der Waals surface area contributed by atoms with Gasteiger partial charge in [0, 0.05) is 24.5 Å². The van der Waals surface area contributed by atoms with E-state index >= 15 is 0 Å². The Morgan fingerprint density at radius 2 is 2.39 bits per heavy atom. The summed E-state index contributed by atoms with van der Waals surface area (Å²) in [5, 5.41) is 8.85. The molecule has 18 heavy (non-hydrogen) atoms. The van der Waals surface area contributed by atoms with Gasteiger partial charge < -0.3 is 4.57 Å². The zero-order valence-corrected chi connectivity index (χ0v) is 9.50. The van der Waals surface area contributed by atoms with E-state index in [0.717, 1.165) is 5.56 Å². The fourth-order valence-corrected chi connectivity index (χ4v) is 1.64. The first-order chi connectivity index (χ1) is 8.74. The molecule has 1 heterocycles. The topological polar surface area (TPSA) is 96.7 Å². The molecular formula is C12H11N5O. The van der Waals surface area contributed by atoms with Gasteiger partial charge in [-0.25, -0.2) is 10.8 Å². The van der Waals surface area contributed by atoms with Crippen molar-refractivity contribution in [3.05, 3.63) is 53.6 Å². The molecule has 0 aliphatic carbocycles. The second kappa shape index (κ2) is 5.12. The molecule has 0 spiro atoms. The van der Waals surface area contributed by atoms with Crippen LogP contribution in [0, 0.1) is 11.3 Å². The van der Waals surface area contributed by atoms with E-state index in [1.165, 1.54) is 0 Å². The van der Waals surface area contributed by atoms with Crippen molar-refractivity contribution in [1.82, 2.24) is 15.0 Å². The Kier molecular flexibility index (Phi) is 3.36. The normalized spacial score (nSPS) is 9.78. The van der Waals surface area contributed by atoms with Crippen molar-refractivity contribution in [2.45, 2.75) is 6.54 Å². The molecule has 0 saturated carbocycles. The first-order valence-corrected chi connectivity index (χ1v) is 5.25. The highest BCUT2D eigenvalue weighted by Crippen LogP contribution is 2.08. The summed E-state index contributed by atoms with van der Waals surface area (Å²) < 4.78 is 1.71. The zero-order chi connectivity index (χ0) is 13.0. The minimum absolute atomic E-state index is 0.337. The summed E-state index contributed by atoms with van der Waals surface area (Å²) in [7, 11) is 0. The fraction of sp³-hybridized carbons (Fsp3) is 0.0833. The largest absolute Gasteiger partial charge is 0.318 e. The molecule has 2 aromatic rings. The minimum atomic E-state index is -0.344. The highest BCUT2D eigenvalue weighted by atomic mass is 16.2. The molecule has 1 aromatic carbocycles. The average Bonchev–Trinajstić information content (AvgIpc) is 2.85. The number of rotatable bonds is 3. The number of nitrogens with one attached hydrogen (secondary N) is 1. The molecule has 0 radical (unpaired) electrons. The summed E-state index contributed by atoms with van der Waals surface area (Å²) >= 11 is 0. The van der Waals surface area contributed by atoms with E-state index < -0.39 is 0 Å². The lowest BCUT2D eigenvalue weighted by molar-refractivity contribution is 0.0953. The number of nitrogen functional groups attached to an aromatic ring is 1. The number of nitrogens with two attached hydrogens (primary N) is 1. The van der Waals surface area contributed by atoms with Crippen molar-refractivity contribution in [3.63, 3.8) is 0 Å². The number of hydrogen-bond donors (Lipinski definition) is 2. The van der Waals surface area contributed by atoms with Crippen LogP contribution < -0.4 is 11.3 Å². The van der Waals surface area contributed by atoms with Crippen molar-refractivity contribution < 1.29 is 4.79 Å². The van der Waals surface area contributed by atoms with Crippen molar-refractivity contribution in [2.24, 2.45) is 5.84 Å². The first kappa shape index (κ1) is 11.8. The number of carbonyl (C=O) groups excluding carboxylic acids is 1. The number of benzene rings is 1. The second-order valence-corrected chi connectivity index (χ2v) is 3.66. The maximum atomic E-state index is 11.4. The van der Waals surface area contributed by atoms with Crippen molar-refractivity contribution in [3.8, 4) is 6.07 Å². The van der Waals surface area contributed by atoms with Crippen LogP contribution in [0.4, 0.5) is 0 Å². The Morgan fingerprint density at radius 3 is 3.11 bits per heavy atom. The van der Waals surface area contributed by atoms with E-state index in [-0.39, 0.29) is 5.91 Å². The third kappa shape index (κ3) is 2.36. The van der Waals surface area contributed by atoms with Gasteiger partial charge in [-0.2, -0.15) is 5.26 Å². The van der Waals surface area contributed by atoms with Gasteiger partial charge in [0.25, 0.3) is 5.91 Å². The molecule has 6 heteroatoms. The molecule has 0 fully saturated rings. The molecule has 0 bridgehead atoms. The predicted molar refractivity (Wildman–Crippen MR) is 64.1 cm³/mol. The summed E-state index contributed by atoms with van der Waals surface area (Å²) in [6.07, 6.45) is 3.28. The van der Waals surface area contributed by atoms with Crippen LogP contribution in [0.3, 0.4) is 0 Å².